The van der Waals surface area contributed by atoms with Crippen LogP contribution in [0.4, 0.5) is 0 Å². The van der Waals surface area contributed by atoms with Crippen molar-refractivity contribution in [2.75, 3.05) is 26.2 Å². The van der Waals surface area contributed by atoms with Crippen LogP contribution in [0, 0.1) is 0 Å². The standard InChI is InChI=1S/C12H19BrN2OS/c1-2-10-7-15(3-4-16-10)11(6-14)12-5-9(13)8-17-12/h5,8,10-11H,2-4,6-7,14H2,1H3. The zero-order valence-electron chi connectivity index (χ0n) is 10.1. The smallest absolute Gasteiger partial charge is 0.0700 e. The van der Waals surface area contributed by atoms with E-state index in [0.29, 0.717) is 18.7 Å². The van der Waals surface area contributed by atoms with E-state index in [0.717, 1.165) is 30.6 Å². The fourth-order valence-corrected chi connectivity index (χ4v) is 3.81. The second kappa shape index (κ2) is 6.29. The zero-order valence-corrected chi connectivity index (χ0v) is 12.5. The van der Waals surface area contributed by atoms with Crippen LogP contribution >= 0.6 is 27.3 Å². The average Bonchev–Trinajstić information content (AvgIpc) is 2.77. The van der Waals surface area contributed by atoms with Gasteiger partial charge in [-0.25, -0.2) is 0 Å². The highest BCUT2D eigenvalue weighted by Gasteiger charge is 2.26. The van der Waals surface area contributed by atoms with Gasteiger partial charge in [0.05, 0.1) is 18.8 Å². The van der Waals surface area contributed by atoms with Crippen molar-refractivity contribution in [3.8, 4) is 0 Å². The highest BCUT2D eigenvalue weighted by molar-refractivity contribution is 9.10. The molecule has 0 radical (unpaired) electrons. The molecule has 0 aromatic carbocycles. The number of morpholine rings is 1. The number of ether oxygens (including phenoxy) is 1. The summed E-state index contributed by atoms with van der Waals surface area (Å²) in [6.07, 6.45) is 1.43. The SMILES string of the molecule is CCC1CN(C(CN)c2cc(Br)cs2)CCO1. The third kappa shape index (κ3) is 3.29. The van der Waals surface area contributed by atoms with Crippen LogP contribution in [0.5, 0.6) is 0 Å². The number of rotatable bonds is 4. The van der Waals surface area contributed by atoms with Crippen molar-refractivity contribution in [3.63, 3.8) is 0 Å². The predicted octanol–water partition coefficient (Wildman–Crippen LogP) is 2.62. The molecule has 0 aliphatic carbocycles. The summed E-state index contributed by atoms with van der Waals surface area (Å²) in [5, 5.41) is 2.12. The molecule has 2 atom stereocenters. The van der Waals surface area contributed by atoms with Crippen LogP contribution in [-0.2, 0) is 4.74 Å². The molecular formula is C12H19BrN2OS. The van der Waals surface area contributed by atoms with Gasteiger partial charge in [-0.15, -0.1) is 11.3 Å². The van der Waals surface area contributed by atoms with E-state index in [1.165, 1.54) is 4.88 Å². The maximum Gasteiger partial charge on any atom is 0.0700 e. The average molecular weight is 319 g/mol. The number of hydrogen-bond acceptors (Lipinski definition) is 4. The van der Waals surface area contributed by atoms with E-state index in [4.69, 9.17) is 10.5 Å². The lowest BCUT2D eigenvalue weighted by molar-refractivity contribution is -0.0432. The Bertz CT molecular complexity index is 358. The summed E-state index contributed by atoms with van der Waals surface area (Å²) in [6, 6.07) is 2.52. The van der Waals surface area contributed by atoms with Crippen molar-refractivity contribution in [1.82, 2.24) is 4.90 Å². The van der Waals surface area contributed by atoms with Crippen molar-refractivity contribution in [1.29, 1.82) is 0 Å². The number of hydrogen-bond donors (Lipinski definition) is 1. The Morgan fingerprint density at radius 2 is 2.53 bits per heavy atom. The minimum atomic E-state index is 0.337. The van der Waals surface area contributed by atoms with Crippen LogP contribution in [0.1, 0.15) is 24.3 Å². The summed E-state index contributed by atoms with van der Waals surface area (Å²) >= 11 is 5.28. The summed E-state index contributed by atoms with van der Waals surface area (Å²) in [5.74, 6) is 0. The number of nitrogens with two attached hydrogens (primary N) is 1. The number of nitrogens with zero attached hydrogens (tertiary/aromatic N) is 1. The molecule has 2 heterocycles. The van der Waals surface area contributed by atoms with Gasteiger partial charge in [0.1, 0.15) is 0 Å². The van der Waals surface area contributed by atoms with Crippen molar-refractivity contribution >= 4 is 27.3 Å². The fraction of sp³-hybridized carbons (Fsp3) is 0.667. The molecule has 1 aromatic heterocycles. The van der Waals surface area contributed by atoms with Crippen molar-refractivity contribution < 1.29 is 4.74 Å². The van der Waals surface area contributed by atoms with Crippen molar-refractivity contribution in [3.05, 3.63) is 20.8 Å². The van der Waals surface area contributed by atoms with Gasteiger partial charge in [-0.3, -0.25) is 4.90 Å². The maximum absolute atomic E-state index is 5.94. The molecule has 17 heavy (non-hydrogen) atoms. The maximum atomic E-state index is 5.94. The molecule has 96 valence electrons. The lowest BCUT2D eigenvalue weighted by Crippen LogP contribution is -2.45. The Hall–Kier alpha value is 0.0600. The molecule has 1 fully saturated rings. The lowest BCUT2D eigenvalue weighted by atomic mass is 10.1. The van der Waals surface area contributed by atoms with Gasteiger partial charge in [0.2, 0.25) is 0 Å². The third-order valence-electron chi connectivity index (χ3n) is 3.21. The molecule has 2 rings (SSSR count). The van der Waals surface area contributed by atoms with Crippen LogP contribution in [0.2, 0.25) is 0 Å². The van der Waals surface area contributed by atoms with Crippen molar-refractivity contribution in [2.45, 2.75) is 25.5 Å². The third-order valence-corrected chi connectivity index (χ3v) is 5.00. The Morgan fingerprint density at radius 3 is 3.12 bits per heavy atom. The van der Waals surface area contributed by atoms with Gasteiger partial charge in [-0.1, -0.05) is 6.92 Å². The molecule has 0 amide bonds. The van der Waals surface area contributed by atoms with Gasteiger partial charge in [-0.05, 0) is 28.4 Å². The first-order chi connectivity index (χ1) is 8.24. The zero-order chi connectivity index (χ0) is 12.3. The van der Waals surface area contributed by atoms with Crippen LogP contribution < -0.4 is 5.73 Å². The Kier molecular flexibility index (Phi) is 4.99. The second-order valence-electron chi connectivity index (χ2n) is 4.31. The first-order valence-corrected chi connectivity index (χ1v) is 7.71. The van der Waals surface area contributed by atoms with Crippen molar-refractivity contribution in [2.24, 2.45) is 5.73 Å². The largest absolute Gasteiger partial charge is 0.376 e. The first-order valence-electron chi connectivity index (χ1n) is 6.04. The Labute approximate surface area is 115 Å². The van der Waals surface area contributed by atoms with E-state index in [1.807, 2.05) is 0 Å². The molecule has 5 heteroatoms. The molecular weight excluding hydrogens is 300 g/mol. The predicted molar refractivity (Wildman–Crippen MR) is 75.4 cm³/mol. The summed E-state index contributed by atoms with van der Waals surface area (Å²) in [7, 11) is 0. The van der Waals surface area contributed by atoms with Gasteiger partial charge < -0.3 is 10.5 Å². The first kappa shape index (κ1) is 13.5. The minimum Gasteiger partial charge on any atom is -0.376 e. The van der Waals surface area contributed by atoms with Crippen LogP contribution in [0.3, 0.4) is 0 Å². The van der Waals surface area contributed by atoms with Gasteiger partial charge in [0.25, 0.3) is 0 Å². The summed E-state index contributed by atoms with van der Waals surface area (Å²) in [4.78, 5) is 3.80. The molecule has 2 unspecified atom stereocenters. The summed E-state index contributed by atoms with van der Waals surface area (Å²) in [5.41, 5.74) is 5.94. The molecule has 2 N–H and O–H groups in total. The number of thiophene rings is 1. The molecule has 3 nitrogen and oxygen atoms in total. The highest BCUT2D eigenvalue weighted by atomic mass is 79.9. The van der Waals surface area contributed by atoms with Crippen LogP contribution in [-0.4, -0.2) is 37.2 Å². The van der Waals surface area contributed by atoms with Gasteiger partial charge in [0.15, 0.2) is 0 Å². The fourth-order valence-electron chi connectivity index (χ4n) is 2.22. The monoisotopic (exact) mass is 318 g/mol. The topological polar surface area (TPSA) is 38.5 Å². The van der Waals surface area contributed by atoms with E-state index in [-0.39, 0.29) is 0 Å². The number of halogens is 1. The van der Waals surface area contributed by atoms with Crippen LogP contribution in [0.15, 0.2) is 15.9 Å². The Balaban J connectivity index is 2.07. The highest BCUT2D eigenvalue weighted by Crippen LogP contribution is 2.30. The summed E-state index contributed by atoms with van der Waals surface area (Å²) < 4.78 is 6.85. The molecule has 1 aromatic rings. The molecule has 0 saturated carbocycles. The molecule has 0 spiro atoms. The molecule has 1 aliphatic heterocycles. The Morgan fingerprint density at radius 1 is 1.71 bits per heavy atom. The minimum absolute atomic E-state index is 0.337. The van der Waals surface area contributed by atoms with Gasteiger partial charge in [0, 0.05) is 34.4 Å². The van der Waals surface area contributed by atoms with E-state index in [1.54, 1.807) is 11.3 Å². The van der Waals surface area contributed by atoms with E-state index >= 15 is 0 Å². The van der Waals surface area contributed by atoms with E-state index < -0.39 is 0 Å². The van der Waals surface area contributed by atoms with Gasteiger partial charge >= 0.3 is 0 Å². The molecule has 1 aliphatic rings. The van der Waals surface area contributed by atoms with E-state index in [2.05, 4.69) is 39.2 Å². The van der Waals surface area contributed by atoms with Gasteiger partial charge in [-0.2, -0.15) is 0 Å². The quantitative estimate of drug-likeness (QED) is 0.927. The second-order valence-corrected chi connectivity index (χ2v) is 6.17. The molecule has 0 bridgehead atoms. The van der Waals surface area contributed by atoms with Crippen LogP contribution in [0.25, 0.3) is 0 Å². The molecule has 1 saturated heterocycles. The normalized spacial score (nSPS) is 23.8. The lowest BCUT2D eigenvalue weighted by Gasteiger charge is -2.37. The summed E-state index contributed by atoms with van der Waals surface area (Å²) in [6.45, 7) is 5.64. The van der Waals surface area contributed by atoms with E-state index in [9.17, 15) is 0 Å².